The van der Waals surface area contributed by atoms with Crippen LogP contribution in [0.15, 0.2) is 45.7 Å². The minimum atomic E-state index is -0.988. The van der Waals surface area contributed by atoms with Crippen LogP contribution >= 0.6 is 0 Å². The first-order valence-electron chi connectivity index (χ1n) is 12.8. The number of carbonyl (C=O) groups excluding carboxylic acids is 2. The zero-order chi connectivity index (χ0) is 28.3. The Hall–Kier alpha value is -3.79. The fourth-order valence-corrected chi connectivity index (χ4v) is 5.11. The van der Waals surface area contributed by atoms with Gasteiger partial charge < -0.3 is 18.9 Å². The molecule has 8 nitrogen and oxygen atoms in total. The van der Waals surface area contributed by atoms with Gasteiger partial charge in [0.1, 0.15) is 29.2 Å². The Labute approximate surface area is 224 Å². The third kappa shape index (κ3) is 6.11. The smallest absolute Gasteiger partial charge is 0.280 e. The van der Waals surface area contributed by atoms with Crippen LogP contribution in [0, 0.1) is 11.6 Å². The van der Waals surface area contributed by atoms with Gasteiger partial charge in [0, 0.05) is 36.6 Å². The van der Waals surface area contributed by atoms with Crippen molar-refractivity contribution in [3.63, 3.8) is 0 Å². The number of hydrogen-bond donors (Lipinski definition) is 1. The Morgan fingerprint density at radius 2 is 1.85 bits per heavy atom. The molecule has 0 saturated heterocycles. The second kappa shape index (κ2) is 11.5. The van der Waals surface area contributed by atoms with E-state index in [4.69, 9.17) is 14.0 Å². The second-order valence-corrected chi connectivity index (χ2v) is 10.3. The molecule has 208 valence electrons. The highest BCUT2D eigenvalue weighted by Crippen LogP contribution is 2.35. The number of nitrogens with one attached hydrogen (secondary N) is 1. The van der Waals surface area contributed by atoms with E-state index in [-0.39, 0.29) is 42.9 Å². The van der Waals surface area contributed by atoms with Gasteiger partial charge in [0.05, 0.1) is 20.1 Å². The molecule has 2 heterocycles. The zero-order valence-electron chi connectivity index (χ0n) is 22.4. The van der Waals surface area contributed by atoms with Crippen LogP contribution in [0.4, 0.5) is 8.78 Å². The Morgan fingerprint density at radius 1 is 1.13 bits per heavy atom. The van der Waals surface area contributed by atoms with Crippen LogP contribution in [0.2, 0.25) is 0 Å². The minimum absolute atomic E-state index is 0.105. The molecule has 1 amide bonds. The molecule has 1 aromatic heterocycles. The van der Waals surface area contributed by atoms with Gasteiger partial charge in [-0.1, -0.05) is 19.9 Å². The van der Waals surface area contributed by atoms with Crippen molar-refractivity contribution in [3.05, 3.63) is 86.4 Å². The fraction of sp³-hybridized carbons (Fsp3) is 0.414. The van der Waals surface area contributed by atoms with Crippen molar-refractivity contribution < 1.29 is 32.4 Å². The molecule has 0 saturated carbocycles. The maximum Gasteiger partial charge on any atom is 0.280 e. The first-order valence-corrected chi connectivity index (χ1v) is 12.8. The number of aromatic amines is 1. The number of hydrogen-bond acceptors (Lipinski definition) is 6. The lowest BCUT2D eigenvalue weighted by molar-refractivity contribution is -0.140. The van der Waals surface area contributed by atoms with Gasteiger partial charge in [0.15, 0.2) is 5.78 Å². The maximum absolute atomic E-state index is 15.2. The molecule has 4 rings (SSSR count). The summed E-state index contributed by atoms with van der Waals surface area (Å²) in [5.74, 6) is -1.57. The van der Waals surface area contributed by atoms with Crippen molar-refractivity contribution in [3.8, 4) is 5.75 Å². The highest BCUT2D eigenvalue weighted by Gasteiger charge is 2.37. The number of rotatable bonds is 10. The third-order valence-corrected chi connectivity index (χ3v) is 6.93. The molecule has 0 radical (unpaired) electrons. The van der Waals surface area contributed by atoms with Gasteiger partial charge in [-0.25, -0.2) is 8.78 Å². The number of ketones is 1. The Kier molecular flexibility index (Phi) is 8.34. The average Bonchev–Trinajstić information content (AvgIpc) is 3.29. The summed E-state index contributed by atoms with van der Waals surface area (Å²) in [5.41, 5.74) is 0.132. The summed E-state index contributed by atoms with van der Waals surface area (Å²) in [6.07, 6.45) is -0.0357. The van der Waals surface area contributed by atoms with E-state index in [1.165, 1.54) is 30.2 Å². The van der Waals surface area contributed by atoms with Crippen molar-refractivity contribution in [2.24, 2.45) is 0 Å². The van der Waals surface area contributed by atoms with E-state index >= 15 is 8.78 Å². The number of nitrogens with zero attached hydrogens (tertiary/aromatic N) is 1. The number of fused-ring (bicyclic) bond motifs is 1. The minimum Gasteiger partial charge on any atom is -0.497 e. The Balaban J connectivity index is 1.65. The van der Waals surface area contributed by atoms with Gasteiger partial charge in [0.25, 0.3) is 5.56 Å². The Bertz CT molecular complexity index is 1400. The van der Waals surface area contributed by atoms with E-state index in [2.05, 4.69) is 5.16 Å². The van der Waals surface area contributed by atoms with Crippen molar-refractivity contribution in [2.45, 2.75) is 51.5 Å². The number of carbonyl (C=O) groups is 2. The molecule has 39 heavy (non-hydrogen) atoms. The summed E-state index contributed by atoms with van der Waals surface area (Å²) >= 11 is 0. The topological polar surface area (TPSA) is 102 Å². The maximum atomic E-state index is 15.2. The van der Waals surface area contributed by atoms with Gasteiger partial charge in [-0.05, 0) is 54.3 Å². The number of H-pyrrole nitrogens is 1. The number of methoxy groups -OCH3 is 1. The predicted molar refractivity (Wildman–Crippen MR) is 139 cm³/mol. The normalized spacial score (nSPS) is 15.2. The molecule has 1 aliphatic heterocycles. The number of Topliss-reactive ketones (excluding diaryl/α,β-unsaturated/α-hetero) is 1. The highest BCUT2D eigenvalue weighted by atomic mass is 19.1. The molecule has 0 fully saturated rings. The summed E-state index contributed by atoms with van der Waals surface area (Å²) in [6, 6.07) is 7.78. The van der Waals surface area contributed by atoms with Crippen LogP contribution in [0.25, 0.3) is 0 Å². The molecular formula is C29H32F2N2O6. The quantitative estimate of drug-likeness (QED) is 0.415. The SMILES string of the molecule is CCOCC(C)(C)c1c(F)cc(CC(=O)[C@H]2c3ccc(OC)cc3CCN2C(=O)Cc2cc(=O)[nH]o2)cc1F. The summed E-state index contributed by atoms with van der Waals surface area (Å²) < 4.78 is 46.1. The molecule has 1 aliphatic rings. The van der Waals surface area contributed by atoms with Gasteiger partial charge in [-0.15, -0.1) is 0 Å². The summed E-state index contributed by atoms with van der Waals surface area (Å²) in [6.45, 7) is 5.98. The van der Waals surface area contributed by atoms with Crippen molar-refractivity contribution in [1.82, 2.24) is 10.1 Å². The van der Waals surface area contributed by atoms with Crippen LogP contribution in [-0.2, 0) is 39.0 Å². The van der Waals surface area contributed by atoms with E-state index in [1.54, 1.807) is 32.9 Å². The van der Waals surface area contributed by atoms with E-state index in [1.807, 2.05) is 6.07 Å². The fourth-order valence-electron chi connectivity index (χ4n) is 5.11. The molecule has 0 unspecified atom stereocenters. The zero-order valence-corrected chi connectivity index (χ0v) is 22.4. The Morgan fingerprint density at radius 3 is 2.46 bits per heavy atom. The van der Waals surface area contributed by atoms with Crippen LogP contribution in [-0.4, -0.2) is 48.6 Å². The van der Waals surface area contributed by atoms with Crippen LogP contribution in [0.5, 0.6) is 5.75 Å². The van der Waals surface area contributed by atoms with Crippen LogP contribution in [0.3, 0.4) is 0 Å². The number of ether oxygens (including phenoxy) is 2. The average molecular weight is 543 g/mol. The lowest BCUT2D eigenvalue weighted by atomic mass is 9.83. The van der Waals surface area contributed by atoms with Gasteiger partial charge >= 0.3 is 0 Å². The molecular weight excluding hydrogens is 510 g/mol. The predicted octanol–water partition coefficient (Wildman–Crippen LogP) is 4.05. The van der Waals surface area contributed by atoms with E-state index < -0.39 is 40.3 Å². The summed E-state index contributed by atoms with van der Waals surface area (Å²) in [5, 5.41) is 2.15. The summed E-state index contributed by atoms with van der Waals surface area (Å²) in [7, 11) is 1.54. The largest absolute Gasteiger partial charge is 0.497 e. The molecule has 2 aromatic carbocycles. The molecule has 1 atom stereocenters. The number of benzene rings is 2. The molecule has 0 aliphatic carbocycles. The van der Waals surface area contributed by atoms with E-state index in [9.17, 15) is 14.4 Å². The molecule has 0 spiro atoms. The van der Waals surface area contributed by atoms with Crippen molar-refractivity contribution in [1.29, 1.82) is 0 Å². The van der Waals surface area contributed by atoms with Crippen molar-refractivity contribution in [2.75, 3.05) is 26.9 Å². The van der Waals surface area contributed by atoms with Gasteiger partial charge in [0.2, 0.25) is 5.91 Å². The van der Waals surface area contributed by atoms with Crippen molar-refractivity contribution >= 4 is 11.7 Å². The number of halogens is 2. The number of aromatic nitrogens is 1. The first-order chi connectivity index (χ1) is 18.5. The molecule has 3 aromatic rings. The van der Waals surface area contributed by atoms with Crippen LogP contribution < -0.4 is 10.3 Å². The second-order valence-electron chi connectivity index (χ2n) is 10.3. The lowest BCUT2D eigenvalue weighted by Gasteiger charge is -2.36. The van der Waals surface area contributed by atoms with E-state index in [0.717, 1.165) is 5.56 Å². The first kappa shape index (κ1) is 28.2. The molecule has 0 bridgehead atoms. The molecule has 1 N–H and O–H groups in total. The standard InChI is InChI=1S/C29H32F2N2O6/c1-5-38-16-29(2,3)27-22(30)10-17(11-23(27)31)12-24(34)28-21-7-6-19(37-4)13-18(21)8-9-33(28)26(36)15-20-14-25(35)32-39-20/h6-7,10-11,13-14,28H,5,8-9,12,15-16H2,1-4H3,(H,32,35)/t28-/m1/s1. The highest BCUT2D eigenvalue weighted by molar-refractivity contribution is 5.92. The monoisotopic (exact) mass is 542 g/mol. The van der Waals surface area contributed by atoms with Gasteiger partial charge in [-0.2, -0.15) is 5.16 Å². The van der Waals surface area contributed by atoms with Gasteiger partial charge in [-0.3, -0.25) is 14.4 Å². The van der Waals surface area contributed by atoms with E-state index in [0.29, 0.717) is 24.3 Å². The van der Waals surface area contributed by atoms with Crippen LogP contribution in [0.1, 0.15) is 54.8 Å². The number of amides is 1. The third-order valence-electron chi connectivity index (χ3n) is 6.93. The molecule has 10 heteroatoms. The lowest BCUT2D eigenvalue weighted by Crippen LogP contribution is -2.44. The summed E-state index contributed by atoms with van der Waals surface area (Å²) in [4.78, 5) is 39.9.